The van der Waals surface area contributed by atoms with Crippen LogP contribution in [0, 0.1) is 5.82 Å². The van der Waals surface area contributed by atoms with E-state index in [2.05, 4.69) is 10.6 Å². The minimum absolute atomic E-state index is 0.123. The Morgan fingerprint density at radius 3 is 2.62 bits per heavy atom. The van der Waals surface area contributed by atoms with E-state index in [4.69, 9.17) is 4.74 Å². The van der Waals surface area contributed by atoms with Crippen molar-refractivity contribution in [1.29, 1.82) is 0 Å². The zero-order chi connectivity index (χ0) is 18.1. The predicted octanol–water partition coefficient (Wildman–Crippen LogP) is 3.54. The summed E-state index contributed by atoms with van der Waals surface area (Å²) in [5.74, 6) is 0.348. The van der Waals surface area contributed by atoms with E-state index in [9.17, 15) is 9.18 Å². The summed E-state index contributed by atoms with van der Waals surface area (Å²) in [5, 5.41) is 6.10. The number of halogens is 1. The Labute approximate surface area is 152 Å². The third kappa shape index (κ3) is 2.76. The van der Waals surface area contributed by atoms with E-state index in [1.54, 1.807) is 13.2 Å². The predicted molar refractivity (Wildman–Crippen MR) is 99.0 cm³/mol. The normalized spacial score (nSPS) is 17.8. The van der Waals surface area contributed by atoms with Gasteiger partial charge >= 0.3 is 0 Å². The second kappa shape index (κ2) is 6.72. The van der Waals surface area contributed by atoms with Crippen LogP contribution in [-0.4, -0.2) is 19.6 Å². The van der Waals surface area contributed by atoms with Crippen LogP contribution in [0.25, 0.3) is 0 Å². The van der Waals surface area contributed by atoms with E-state index in [0.29, 0.717) is 18.5 Å². The molecule has 0 unspecified atom stereocenters. The van der Waals surface area contributed by atoms with Crippen molar-refractivity contribution in [3.8, 4) is 5.75 Å². The number of rotatable bonds is 4. The Morgan fingerprint density at radius 2 is 1.96 bits per heavy atom. The van der Waals surface area contributed by atoms with Crippen molar-refractivity contribution in [2.75, 3.05) is 19.0 Å². The van der Waals surface area contributed by atoms with Crippen molar-refractivity contribution in [3.05, 3.63) is 58.9 Å². The third-order valence-electron chi connectivity index (χ3n) is 5.74. The first-order valence-electron chi connectivity index (χ1n) is 9.11. The van der Waals surface area contributed by atoms with Gasteiger partial charge in [0, 0.05) is 6.54 Å². The maximum absolute atomic E-state index is 14.9. The first-order chi connectivity index (χ1) is 12.6. The average Bonchev–Trinajstić information content (AvgIpc) is 2.64. The molecule has 0 spiro atoms. The van der Waals surface area contributed by atoms with Crippen LogP contribution in [-0.2, 0) is 23.2 Å². The van der Waals surface area contributed by atoms with Crippen LogP contribution in [0.15, 0.2) is 36.4 Å². The van der Waals surface area contributed by atoms with Gasteiger partial charge in [0.25, 0.3) is 0 Å². The highest BCUT2D eigenvalue weighted by Crippen LogP contribution is 2.45. The van der Waals surface area contributed by atoms with Crippen LogP contribution in [0.1, 0.15) is 36.0 Å². The van der Waals surface area contributed by atoms with Gasteiger partial charge in [0.15, 0.2) is 0 Å². The van der Waals surface area contributed by atoms with Gasteiger partial charge in [-0.1, -0.05) is 24.6 Å². The molecule has 0 atom stereocenters. The van der Waals surface area contributed by atoms with E-state index >= 15 is 0 Å². The SMILES string of the molecule is COc1ccc(C2(C(=O)Nc3ccc4c(c3F)CCNC4)CCC2)cc1. The van der Waals surface area contributed by atoms with Gasteiger partial charge in [-0.25, -0.2) is 4.39 Å². The van der Waals surface area contributed by atoms with E-state index in [1.165, 1.54) is 0 Å². The molecule has 0 radical (unpaired) electrons. The fourth-order valence-electron chi connectivity index (χ4n) is 3.96. The lowest BCUT2D eigenvalue weighted by Gasteiger charge is -2.40. The maximum atomic E-state index is 14.9. The molecule has 26 heavy (non-hydrogen) atoms. The van der Waals surface area contributed by atoms with Gasteiger partial charge in [-0.05, 0) is 60.7 Å². The minimum atomic E-state index is -0.573. The Bertz CT molecular complexity index is 829. The molecule has 2 aliphatic rings. The number of hydrogen-bond acceptors (Lipinski definition) is 3. The van der Waals surface area contributed by atoms with Crippen molar-refractivity contribution < 1.29 is 13.9 Å². The van der Waals surface area contributed by atoms with Crippen molar-refractivity contribution >= 4 is 11.6 Å². The molecule has 0 bridgehead atoms. The Morgan fingerprint density at radius 1 is 1.19 bits per heavy atom. The van der Waals surface area contributed by atoms with Crippen LogP contribution in [0.5, 0.6) is 5.75 Å². The number of fused-ring (bicyclic) bond motifs is 1. The second-order valence-corrected chi connectivity index (χ2v) is 7.11. The molecule has 136 valence electrons. The van der Waals surface area contributed by atoms with Gasteiger partial charge in [-0.2, -0.15) is 0 Å². The van der Waals surface area contributed by atoms with Crippen molar-refractivity contribution in [2.24, 2.45) is 0 Å². The fourth-order valence-corrected chi connectivity index (χ4v) is 3.96. The van der Waals surface area contributed by atoms with Crippen molar-refractivity contribution in [2.45, 2.75) is 37.6 Å². The summed E-state index contributed by atoms with van der Waals surface area (Å²) in [6, 6.07) is 11.2. The summed E-state index contributed by atoms with van der Waals surface area (Å²) >= 11 is 0. The molecular formula is C21H23FN2O2. The van der Waals surface area contributed by atoms with Crippen LogP contribution < -0.4 is 15.4 Å². The van der Waals surface area contributed by atoms with Gasteiger partial charge in [-0.3, -0.25) is 4.79 Å². The number of hydrogen-bond donors (Lipinski definition) is 2. The van der Waals surface area contributed by atoms with Gasteiger partial charge < -0.3 is 15.4 Å². The van der Waals surface area contributed by atoms with E-state index in [-0.39, 0.29) is 17.4 Å². The summed E-state index contributed by atoms with van der Waals surface area (Å²) in [6.45, 7) is 1.44. The average molecular weight is 354 g/mol. The summed E-state index contributed by atoms with van der Waals surface area (Å²) in [7, 11) is 1.62. The molecule has 0 saturated heterocycles. The zero-order valence-corrected chi connectivity index (χ0v) is 14.9. The van der Waals surface area contributed by atoms with E-state index in [0.717, 1.165) is 42.7 Å². The molecule has 1 aliphatic heterocycles. The molecule has 4 nitrogen and oxygen atoms in total. The molecule has 4 rings (SSSR count). The van der Waals surface area contributed by atoms with Crippen LogP contribution in [0.2, 0.25) is 0 Å². The number of ether oxygens (including phenoxy) is 1. The number of benzene rings is 2. The smallest absolute Gasteiger partial charge is 0.235 e. The quantitative estimate of drug-likeness (QED) is 0.883. The summed E-state index contributed by atoms with van der Waals surface area (Å²) in [5.41, 5.74) is 2.37. The molecular weight excluding hydrogens is 331 g/mol. The molecule has 2 N–H and O–H groups in total. The van der Waals surface area contributed by atoms with Crippen molar-refractivity contribution in [3.63, 3.8) is 0 Å². The Balaban J connectivity index is 1.60. The molecule has 2 aromatic carbocycles. The highest BCUT2D eigenvalue weighted by Gasteiger charge is 2.45. The first-order valence-corrected chi connectivity index (χ1v) is 9.11. The van der Waals surface area contributed by atoms with Crippen LogP contribution in [0.4, 0.5) is 10.1 Å². The zero-order valence-electron chi connectivity index (χ0n) is 14.9. The third-order valence-corrected chi connectivity index (χ3v) is 5.74. The highest BCUT2D eigenvalue weighted by atomic mass is 19.1. The number of carbonyl (C=O) groups is 1. The van der Waals surface area contributed by atoms with Crippen LogP contribution in [0.3, 0.4) is 0 Å². The Hall–Kier alpha value is -2.40. The van der Waals surface area contributed by atoms with Gasteiger partial charge in [0.05, 0.1) is 18.2 Å². The molecule has 2 aromatic rings. The number of methoxy groups -OCH3 is 1. The van der Waals surface area contributed by atoms with Gasteiger partial charge in [0.1, 0.15) is 11.6 Å². The number of amides is 1. The number of nitrogens with one attached hydrogen (secondary N) is 2. The highest BCUT2D eigenvalue weighted by molar-refractivity contribution is 6.00. The lowest BCUT2D eigenvalue weighted by atomic mass is 9.63. The fraction of sp³-hybridized carbons (Fsp3) is 0.381. The maximum Gasteiger partial charge on any atom is 0.235 e. The molecule has 1 amide bonds. The number of anilines is 1. The van der Waals surface area contributed by atoms with E-state index < -0.39 is 5.41 Å². The first kappa shape index (κ1) is 17.0. The van der Waals surface area contributed by atoms with Crippen molar-refractivity contribution in [1.82, 2.24) is 5.32 Å². The molecule has 5 heteroatoms. The minimum Gasteiger partial charge on any atom is -0.497 e. The monoisotopic (exact) mass is 354 g/mol. The largest absolute Gasteiger partial charge is 0.497 e. The summed E-state index contributed by atoms with van der Waals surface area (Å²) in [6.07, 6.45) is 3.20. The summed E-state index contributed by atoms with van der Waals surface area (Å²) in [4.78, 5) is 13.1. The lowest BCUT2D eigenvalue weighted by Crippen LogP contribution is -2.46. The second-order valence-electron chi connectivity index (χ2n) is 7.11. The molecule has 1 heterocycles. The van der Waals surface area contributed by atoms with Gasteiger partial charge in [-0.15, -0.1) is 0 Å². The lowest BCUT2D eigenvalue weighted by molar-refractivity contribution is -0.124. The topological polar surface area (TPSA) is 50.4 Å². The van der Waals surface area contributed by atoms with E-state index in [1.807, 2.05) is 30.3 Å². The Kier molecular flexibility index (Phi) is 4.41. The molecule has 1 aliphatic carbocycles. The standard InChI is InChI=1S/C21H23FN2O2/c1-26-16-6-4-15(5-7-16)21(10-2-11-21)20(25)24-18-8-3-14-13-23-12-9-17(14)19(18)22/h3-8,23H,2,9-13H2,1H3,(H,24,25). The van der Waals surface area contributed by atoms with Gasteiger partial charge in [0.2, 0.25) is 5.91 Å². The van der Waals surface area contributed by atoms with Crippen LogP contribution >= 0.6 is 0 Å². The molecule has 1 saturated carbocycles. The number of carbonyl (C=O) groups excluding carboxylic acids is 1. The molecule has 0 aromatic heterocycles. The summed E-state index contributed by atoms with van der Waals surface area (Å²) < 4.78 is 20.1. The molecule has 1 fully saturated rings.